The number of benzene rings is 2. The number of hydrogen-bond acceptors (Lipinski definition) is 3. The number of thiophene rings is 1. The first-order chi connectivity index (χ1) is 12.2. The van der Waals surface area contributed by atoms with Gasteiger partial charge in [0.05, 0.1) is 16.0 Å². The van der Waals surface area contributed by atoms with Crippen molar-refractivity contribution >= 4 is 43.1 Å². The zero-order valence-corrected chi connectivity index (χ0v) is 14.6. The van der Waals surface area contributed by atoms with E-state index in [4.69, 9.17) is 0 Å². The Labute approximate surface area is 149 Å². The minimum absolute atomic E-state index is 0.0647. The Morgan fingerprint density at radius 3 is 3.04 bits per heavy atom. The molecule has 1 aliphatic carbocycles. The summed E-state index contributed by atoms with van der Waals surface area (Å²) in [7, 11) is 0. The first-order valence-electron chi connectivity index (χ1n) is 8.61. The molecule has 1 atom stereocenters. The second-order valence-electron chi connectivity index (χ2n) is 7.26. The Kier molecular flexibility index (Phi) is 2.37. The molecule has 4 heteroatoms. The standard InChI is InChI=1S/C21H16N2OS/c1-21-9-5-4-8-14(21)23-18-17(21)12-10-22-20(24)16(12)15-11-6-2-3-7-13(11)25-19(15)18/h2-8,23H,9-10H2,1H3,(H,22,24). The van der Waals surface area contributed by atoms with Crippen molar-refractivity contribution in [2.45, 2.75) is 25.3 Å². The van der Waals surface area contributed by atoms with E-state index in [2.05, 4.69) is 60.1 Å². The maximum Gasteiger partial charge on any atom is 0.252 e. The Morgan fingerprint density at radius 1 is 1.24 bits per heavy atom. The molecular formula is C21H16N2OS. The zero-order valence-electron chi connectivity index (χ0n) is 13.8. The summed E-state index contributed by atoms with van der Waals surface area (Å²) in [6.07, 6.45) is 7.50. The van der Waals surface area contributed by atoms with E-state index in [1.165, 1.54) is 37.3 Å². The van der Waals surface area contributed by atoms with Crippen molar-refractivity contribution < 1.29 is 4.79 Å². The largest absolute Gasteiger partial charge is 0.357 e. The third-order valence-electron chi connectivity index (χ3n) is 5.91. The molecule has 2 N–H and O–H groups in total. The second-order valence-corrected chi connectivity index (χ2v) is 8.31. The zero-order chi connectivity index (χ0) is 16.8. The van der Waals surface area contributed by atoms with Crippen LogP contribution in [0.4, 0.5) is 5.69 Å². The fraction of sp³-hybridized carbons (Fsp3) is 0.190. The molecule has 1 amide bonds. The summed E-state index contributed by atoms with van der Waals surface area (Å²) in [5.41, 5.74) is 5.79. The van der Waals surface area contributed by atoms with Crippen LogP contribution in [-0.2, 0) is 12.0 Å². The summed E-state index contributed by atoms with van der Waals surface area (Å²) < 4.78 is 2.45. The summed E-state index contributed by atoms with van der Waals surface area (Å²) in [6.45, 7) is 2.92. The van der Waals surface area contributed by atoms with Crippen molar-refractivity contribution in [3.63, 3.8) is 0 Å². The Morgan fingerprint density at radius 2 is 2.12 bits per heavy atom. The number of carbonyl (C=O) groups excluding carboxylic acids is 1. The molecule has 0 bridgehead atoms. The van der Waals surface area contributed by atoms with Crippen LogP contribution in [0.3, 0.4) is 0 Å². The molecule has 0 spiro atoms. The molecule has 3 aliphatic rings. The molecule has 0 fully saturated rings. The molecule has 6 rings (SSSR count). The van der Waals surface area contributed by atoms with Gasteiger partial charge in [-0.2, -0.15) is 0 Å². The van der Waals surface area contributed by atoms with Gasteiger partial charge in [-0.25, -0.2) is 0 Å². The molecule has 122 valence electrons. The maximum atomic E-state index is 12.7. The number of rotatable bonds is 0. The molecule has 2 aliphatic heterocycles. The van der Waals surface area contributed by atoms with E-state index >= 15 is 0 Å². The number of nitrogens with one attached hydrogen (secondary N) is 2. The van der Waals surface area contributed by atoms with Gasteiger partial charge in [-0.3, -0.25) is 4.79 Å². The minimum Gasteiger partial charge on any atom is -0.357 e. The van der Waals surface area contributed by atoms with Gasteiger partial charge in [0, 0.05) is 33.1 Å². The van der Waals surface area contributed by atoms with Crippen LogP contribution in [-0.4, -0.2) is 5.91 Å². The topological polar surface area (TPSA) is 41.1 Å². The van der Waals surface area contributed by atoms with Crippen molar-refractivity contribution in [2.24, 2.45) is 0 Å². The molecular weight excluding hydrogens is 328 g/mol. The average molecular weight is 344 g/mol. The lowest BCUT2D eigenvalue weighted by Crippen LogP contribution is -2.24. The van der Waals surface area contributed by atoms with Crippen LogP contribution in [0.25, 0.3) is 20.2 Å². The van der Waals surface area contributed by atoms with Gasteiger partial charge in [0.1, 0.15) is 0 Å². The van der Waals surface area contributed by atoms with E-state index in [-0.39, 0.29) is 11.3 Å². The van der Waals surface area contributed by atoms with Crippen LogP contribution < -0.4 is 10.6 Å². The predicted octanol–water partition coefficient (Wildman–Crippen LogP) is 4.82. The Bertz CT molecular complexity index is 1180. The third-order valence-corrected chi connectivity index (χ3v) is 7.10. The highest BCUT2D eigenvalue weighted by Gasteiger charge is 2.45. The minimum atomic E-state index is -0.0647. The summed E-state index contributed by atoms with van der Waals surface area (Å²) in [5, 5.41) is 9.09. The molecule has 1 unspecified atom stereocenters. The van der Waals surface area contributed by atoms with E-state index in [0.29, 0.717) is 6.54 Å². The van der Waals surface area contributed by atoms with Gasteiger partial charge >= 0.3 is 0 Å². The molecule has 25 heavy (non-hydrogen) atoms. The molecule has 0 saturated carbocycles. The van der Waals surface area contributed by atoms with E-state index in [0.717, 1.165) is 17.4 Å². The highest BCUT2D eigenvalue weighted by molar-refractivity contribution is 7.26. The smallest absolute Gasteiger partial charge is 0.252 e. The Hall–Kier alpha value is -2.59. The molecule has 3 aromatic rings. The van der Waals surface area contributed by atoms with E-state index in [1.807, 2.05) is 0 Å². The first-order valence-corrected chi connectivity index (χ1v) is 9.43. The van der Waals surface area contributed by atoms with Gasteiger partial charge in [0.25, 0.3) is 5.91 Å². The highest BCUT2D eigenvalue weighted by Crippen LogP contribution is 2.56. The van der Waals surface area contributed by atoms with Crippen LogP contribution in [0.5, 0.6) is 0 Å². The summed E-state index contributed by atoms with van der Waals surface area (Å²) >= 11 is 1.79. The van der Waals surface area contributed by atoms with Crippen molar-refractivity contribution in [3.8, 4) is 0 Å². The number of amides is 1. The lowest BCUT2D eigenvalue weighted by atomic mass is 9.74. The van der Waals surface area contributed by atoms with Gasteiger partial charge in [-0.05, 0) is 36.6 Å². The fourth-order valence-corrected chi connectivity index (χ4v) is 5.95. The van der Waals surface area contributed by atoms with Crippen molar-refractivity contribution in [3.05, 3.63) is 64.9 Å². The van der Waals surface area contributed by atoms with Gasteiger partial charge < -0.3 is 10.6 Å². The van der Waals surface area contributed by atoms with Crippen LogP contribution in [0.2, 0.25) is 0 Å². The summed E-state index contributed by atoms with van der Waals surface area (Å²) in [5.74, 6) is 0.0683. The van der Waals surface area contributed by atoms with Crippen molar-refractivity contribution in [2.75, 3.05) is 5.32 Å². The van der Waals surface area contributed by atoms with Crippen molar-refractivity contribution in [1.29, 1.82) is 0 Å². The summed E-state index contributed by atoms with van der Waals surface area (Å²) in [4.78, 5) is 12.7. The lowest BCUT2D eigenvalue weighted by molar-refractivity contribution is 0.0967. The molecule has 0 saturated heterocycles. The van der Waals surface area contributed by atoms with Gasteiger partial charge in [-0.15, -0.1) is 11.3 Å². The number of hydrogen-bond donors (Lipinski definition) is 2. The molecule has 0 radical (unpaired) electrons. The Balaban J connectivity index is 1.85. The van der Waals surface area contributed by atoms with Gasteiger partial charge in [0.15, 0.2) is 0 Å². The molecule has 1 aromatic heterocycles. The SMILES string of the molecule is CC12CC=CC=C1Nc1c2c2c(c3c1sc1ccccc13)C(=O)NC2. The fourth-order valence-electron chi connectivity index (χ4n) is 4.74. The lowest BCUT2D eigenvalue weighted by Gasteiger charge is -2.28. The molecule has 2 aromatic carbocycles. The summed E-state index contributed by atoms with van der Waals surface area (Å²) in [6, 6.07) is 8.41. The van der Waals surface area contributed by atoms with Crippen LogP contribution in [0.15, 0.2) is 48.2 Å². The van der Waals surface area contributed by atoms with E-state index < -0.39 is 0 Å². The third kappa shape index (κ3) is 1.50. The number of anilines is 1. The quantitative estimate of drug-likeness (QED) is 0.613. The number of carbonyl (C=O) groups is 1. The van der Waals surface area contributed by atoms with Gasteiger partial charge in [-0.1, -0.05) is 30.4 Å². The number of fused-ring (bicyclic) bond motifs is 10. The van der Waals surface area contributed by atoms with Crippen LogP contribution in [0, 0.1) is 0 Å². The maximum absolute atomic E-state index is 12.7. The average Bonchev–Trinajstić information content (AvgIpc) is 3.26. The van der Waals surface area contributed by atoms with E-state index in [1.54, 1.807) is 11.3 Å². The van der Waals surface area contributed by atoms with Gasteiger partial charge in [0.2, 0.25) is 0 Å². The normalized spacial score (nSPS) is 23.2. The van der Waals surface area contributed by atoms with E-state index in [9.17, 15) is 4.79 Å². The van der Waals surface area contributed by atoms with Crippen LogP contribution >= 0.6 is 11.3 Å². The van der Waals surface area contributed by atoms with Crippen LogP contribution in [0.1, 0.15) is 34.8 Å². The molecule has 3 nitrogen and oxygen atoms in total. The molecule has 3 heterocycles. The number of allylic oxidation sites excluding steroid dienone is 4. The second kappa shape index (κ2) is 4.33. The predicted molar refractivity (Wildman–Crippen MR) is 103 cm³/mol. The monoisotopic (exact) mass is 344 g/mol. The van der Waals surface area contributed by atoms with Crippen molar-refractivity contribution in [1.82, 2.24) is 5.32 Å². The highest BCUT2D eigenvalue weighted by atomic mass is 32.1. The first kappa shape index (κ1) is 13.7.